The van der Waals surface area contributed by atoms with E-state index in [0.29, 0.717) is 28.9 Å². The molecule has 0 N–H and O–H groups in total. The molecule has 0 saturated carbocycles. The van der Waals surface area contributed by atoms with Gasteiger partial charge in [0.2, 0.25) is 5.95 Å². The summed E-state index contributed by atoms with van der Waals surface area (Å²) in [6.07, 6.45) is 3.42. The summed E-state index contributed by atoms with van der Waals surface area (Å²) in [4.78, 5) is 18.5. The van der Waals surface area contributed by atoms with Crippen LogP contribution in [0, 0.1) is 52.0 Å². The van der Waals surface area contributed by atoms with Crippen LogP contribution in [0.3, 0.4) is 0 Å². The Labute approximate surface area is 324 Å². The van der Waals surface area contributed by atoms with Gasteiger partial charge in [0.05, 0.1) is 0 Å². The van der Waals surface area contributed by atoms with Gasteiger partial charge in [0.15, 0.2) is 0 Å². The molecule has 254 valence electrons. The van der Waals surface area contributed by atoms with Crippen LogP contribution >= 0.6 is 0 Å². The van der Waals surface area contributed by atoms with Crippen molar-refractivity contribution in [1.82, 2.24) is 24.5 Å². The molecule has 0 fully saturated rings. The molecule has 9 heteroatoms. The van der Waals surface area contributed by atoms with Crippen molar-refractivity contribution in [3.05, 3.63) is 150 Å². The first-order valence-corrected chi connectivity index (χ1v) is 15.9. The Morgan fingerprint density at radius 3 is 1.43 bits per heavy atom. The Bertz CT molecular complexity index is 2320. The molecule has 0 aliphatic rings. The quantitative estimate of drug-likeness (QED) is 0.117. The van der Waals surface area contributed by atoms with Crippen molar-refractivity contribution in [2.75, 3.05) is 0 Å². The van der Waals surface area contributed by atoms with Crippen LogP contribution in [-0.2, 0) is 41.5 Å². The molecule has 0 bridgehead atoms. The van der Waals surface area contributed by atoms with Gasteiger partial charge < -0.3 is 24.0 Å². The molecule has 0 aliphatic heterocycles. The number of ether oxygens (including phenoxy) is 2. The monoisotopic (exact) mass is 936 g/mol. The topological polar surface area (TPSA) is 75.0 Å². The number of benzene rings is 4. The van der Waals surface area contributed by atoms with Gasteiger partial charge in [-0.2, -0.15) is 22.9 Å². The first-order valence-electron chi connectivity index (χ1n) is 15.9. The van der Waals surface area contributed by atoms with Crippen molar-refractivity contribution in [1.29, 1.82) is 0 Å². The molecular weight excluding hydrogens is 908 g/mol. The zero-order valence-electron chi connectivity index (χ0n) is 28.0. The summed E-state index contributed by atoms with van der Waals surface area (Å²) in [5.74, 6) is 2.65. The molecule has 7 nitrogen and oxygen atoms in total. The molecule has 0 unspecified atom stereocenters. The minimum atomic E-state index is 0. The smallest absolute Gasteiger partial charge is 0.503 e. The van der Waals surface area contributed by atoms with Crippen LogP contribution in [0.4, 0.5) is 0 Å². The molecule has 0 atom stereocenters. The fourth-order valence-corrected chi connectivity index (χ4v) is 6.06. The molecule has 0 aliphatic carbocycles. The van der Waals surface area contributed by atoms with E-state index in [9.17, 15) is 0 Å². The number of aryl methyl sites for hydroxylation is 4. The maximum atomic E-state index is 6.32. The minimum Gasteiger partial charge on any atom is -0.503 e. The zero-order valence-corrected chi connectivity index (χ0v) is 31.8. The van der Waals surface area contributed by atoms with Gasteiger partial charge in [-0.05, 0) is 57.3 Å². The first kappa shape index (κ1) is 35.8. The Balaban J connectivity index is 0.00000224. The van der Waals surface area contributed by atoms with Gasteiger partial charge in [-0.15, -0.1) is 71.8 Å². The van der Waals surface area contributed by atoms with Gasteiger partial charge in [-0.3, -0.25) is 0 Å². The second-order valence-corrected chi connectivity index (χ2v) is 12.0. The maximum absolute atomic E-state index is 6.32. The van der Waals surface area contributed by atoms with E-state index in [1.807, 2.05) is 91.2 Å². The summed E-state index contributed by atoms with van der Waals surface area (Å²) >= 11 is 0. The number of hydrogen-bond donors (Lipinski definition) is 0. The molecule has 51 heavy (non-hydrogen) atoms. The summed E-state index contributed by atoms with van der Waals surface area (Å²) in [5, 5.41) is 1.90. The molecule has 4 heterocycles. The normalized spacial score (nSPS) is 10.8. The van der Waals surface area contributed by atoms with Gasteiger partial charge in [-0.1, -0.05) is 46.4 Å². The van der Waals surface area contributed by atoms with Gasteiger partial charge in [0.25, 0.3) is 0 Å². The number of hydrogen-bond acceptors (Lipinski definition) is 6. The maximum Gasteiger partial charge on any atom is 2.00 e. The predicted molar refractivity (Wildman–Crippen MR) is 190 cm³/mol. The molecule has 8 rings (SSSR count). The van der Waals surface area contributed by atoms with E-state index in [0.717, 1.165) is 66.8 Å². The van der Waals surface area contributed by atoms with Crippen LogP contribution in [0.1, 0.15) is 22.5 Å². The summed E-state index contributed by atoms with van der Waals surface area (Å²) in [6, 6.07) is 43.1. The average Bonchev–Trinajstić information content (AvgIpc) is 3.41. The van der Waals surface area contributed by atoms with Crippen LogP contribution in [0.25, 0.3) is 50.3 Å². The van der Waals surface area contributed by atoms with Crippen molar-refractivity contribution in [3.8, 4) is 51.5 Å². The Kier molecular flexibility index (Phi) is 10.6. The largest absolute Gasteiger partial charge is 2.00 e. The van der Waals surface area contributed by atoms with E-state index in [1.54, 1.807) is 18.5 Å². The van der Waals surface area contributed by atoms with E-state index >= 15 is 0 Å². The minimum absolute atomic E-state index is 0. The van der Waals surface area contributed by atoms with Crippen molar-refractivity contribution < 1.29 is 51.0 Å². The third-order valence-corrected chi connectivity index (χ3v) is 8.01. The van der Waals surface area contributed by atoms with Crippen LogP contribution in [0.15, 0.2) is 103 Å². The van der Waals surface area contributed by atoms with Crippen LogP contribution in [0.2, 0.25) is 0 Å². The summed E-state index contributed by atoms with van der Waals surface area (Å²) in [5.41, 5.74) is 9.09. The molecule has 0 amide bonds. The summed E-state index contributed by atoms with van der Waals surface area (Å²) in [7, 11) is 0. The SMILES string of the molecule is Cc1cc(C)nc(-c2[c-]c(Oc3[c-]c4c(cc3)c3ccc(Oc5[c-]c(-c6cc(C)cc(C)n6)ccc5)[c-]c3n4-c3ncccn3)ccc2)c1.[Pd+2].[Pt+2]. The van der Waals surface area contributed by atoms with Crippen molar-refractivity contribution >= 4 is 21.8 Å². The second-order valence-electron chi connectivity index (χ2n) is 12.0. The summed E-state index contributed by atoms with van der Waals surface area (Å²) in [6.45, 7) is 8.10. The molecule has 8 aromatic rings. The number of aromatic nitrogens is 5. The van der Waals surface area contributed by atoms with Gasteiger partial charge in [0, 0.05) is 46.8 Å². The molecule has 4 aromatic carbocycles. The van der Waals surface area contributed by atoms with Gasteiger partial charge in [0.1, 0.15) is 0 Å². The molecule has 0 spiro atoms. The van der Waals surface area contributed by atoms with E-state index in [4.69, 9.17) is 19.4 Å². The van der Waals surface area contributed by atoms with E-state index in [2.05, 4.69) is 60.2 Å². The van der Waals surface area contributed by atoms with E-state index in [1.165, 1.54) is 0 Å². The Morgan fingerprint density at radius 2 is 0.980 bits per heavy atom. The second kappa shape index (κ2) is 15.1. The van der Waals surface area contributed by atoms with Gasteiger partial charge in [-0.25, -0.2) is 9.97 Å². The molecule has 0 saturated heterocycles. The van der Waals surface area contributed by atoms with E-state index < -0.39 is 0 Å². The number of nitrogens with zero attached hydrogens (tertiary/aromatic N) is 5. The van der Waals surface area contributed by atoms with Crippen LogP contribution < -0.4 is 9.47 Å². The van der Waals surface area contributed by atoms with Crippen molar-refractivity contribution in [2.24, 2.45) is 0 Å². The van der Waals surface area contributed by atoms with Gasteiger partial charge >= 0.3 is 41.5 Å². The Hall–Kier alpha value is -4.99. The molecule has 0 radical (unpaired) electrons. The predicted octanol–water partition coefficient (Wildman–Crippen LogP) is 9.71. The van der Waals surface area contributed by atoms with E-state index in [-0.39, 0.29) is 41.5 Å². The molecular formula is C42H29N5O2PdPt. The number of rotatable bonds is 7. The van der Waals surface area contributed by atoms with Crippen LogP contribution in [-0.4, -0.2) is 24.5 Å². The fourth-order valence-electron chi connectivity index (χ4n) is 6.06. The number of fused-ring (bicyclic) bond motifs is 3. The molecule has 4 aromatic heterocycles. The first-order chi connectivity index (χ1) is 23.9. The van der Waals surface area contributed by atoms with Crippen LogP contribution in [0.5, 0.6) is 23.0 Å². The summed E-state index contributed by atoms with van der Waals surface area (Å²) < 4.78 is 14.6. The third kappa shape index (κ3) is 7.55. The van der Waals surface area contributed by atoms with Crippen molar-refractivity contribution in [2.45, 2.75) is 27.7 Å². The average molecular weight is 937 g/mol. The zero-order chi connectivity index (χ0) is 33.5. The third-order valence-electron chi connectivity index (χ3n) is 8.01. The fraction of sp³-hybridized carbons (Fsp3) is 0.0952. The standard InChI is InChI=1S/C42H29N5O2.Pd.Pt/c1-26-18-28(3)45-38(20-26)30-8-5-10-32(22-30)48-34-12-14-36-37-15-13-35(25-41(37)47(40(36)24-34)42-43-16-7-17-44-42)49-33-11-6-9-31(23-33)39-21-27(2)19-29(4)46-39;;/h5-21H,1-4H3;;/q-4;2*+2. The Morgan fingerprint density at radius 1 is 0.529 bits per heavy atom. The van der Waals surface area contributed by atoms with Crippen molar-refractivity contribution in [3.63, 3.8) is 0 Å². The number of pyridine rings is 2.